The van der Waals surface area contributed by atoms with E-state index < -0.39 is 0 Å². The Balaban J connectivity index is 1.54. The van der Waals surface area contributed by atoms with Gasteiger partial charge in [0.2, 0.25) is 11.8 Å². The number of rotatable bonds is 8. The largest absolute Gasteiger partial charge is 0.495 e. The number of thioether (sulfide) groups is 1. The van der Waals surface area contributed by atoms with Crippen LogP contribution in [0.2, 0.25) is 5.02 Å². The predicted molar refractivity (Wildman–Crippen MR) is 133 cm³/mol. The zero-order valence-corrected chi connectivity index (χ0v) is 19.2. The minimum absolute atomic E-state index is 0.168. The van der Waals surface area contributed by atoms with Crippen LogP contribution in [0.4, 0.5) is 11.4 Å². The molecule has 1 atom stereocenters. The second-order valence-electron chi connectivity index (χ2n) is 6.85. The van der Waals surface area contributed by atoms with Crippen molar-refractivity contribution in [3.8, 4) is 5.75 Å². The molecular weight excluding hydrogens is 444 g/mol. The molecule has 32 heavy (non-hydrogen) atoms. The first kappa shape index (κ1) is 23.4. The van der Waals surface area contributed by atoms with E-state index in [1.165, 1.54) is 24.9 Å². The highest BCUT2D eigenvalue weighted by Gasteiger charge is 2.16. The molecule has 2 amide bonds. The Morgan fingerprint density at radius 3 is 2.41 bits per heavy atom. The Morgan fingerprint density at radius 2 is 1.72 bits per heavy atom. The van der Waals surface area contributed by atoms with Crippen LogP contribution < -0.4 is 15.4 Å². The molecule has 7 heteroatoms. The van der Waals surface area contributed by atoms with Crippen LogP contribution in [-0.4, -0.2) is 24.2 Å². The Labute approximate surface area is 196 Å². The van der Waals surface area contributed by atoms with Crippen molar-refractivity contribution < 1.29 is 14.3 Å². The fourth-order valence-corrected chi connectivity index (χ4v) is 3.85. The van der Waals surface area contributed by atoms with Crippen LogP contribution in [-0.2, 0) is 9.59 Å². The van der Waals surface area contributed by atoms with E-state index >= 15 is 0 Å². The molecule has 0 saturated carbocycles. The quantitative estimate of drug-likeness (QED) is 0.310. The highest BCUT2D eigenvalue weighted by Crippen LogP contribution is 2.30. The average Bonchev–Trinajstić information content (AvgIpc) is 2.80. The van der Waals surface area contributed by atoms with Gasteiger partial charge in [0.15, 0.2) is 0 Å². The van der Waals surface area contributed by atoms with E-state index in [2.05, 4.69) is 10.6 Å². The third kappa shape index (κ3) is 6.90. The normalized spacial score (nSPS) is 11.7. The SMILES string of the molecule is COc1ccc(Cl)cc1NC(=O)C(C)Sc1ccc(NC(=O)/C=C/c2ccccc2)cc1. The van der Waals surface area contributed by atoms with Crippen molar-refractivity contribution in [3.63, 3.8) is 0 Å². The standard InChI is InChI=1S/C25H23ClN2O3S/c1-17(25(30)28-22-16-19(26)9-14-23(22)31-2)32-21-12-10-20(11-13-21)27-24(29)15-8-18-6-4-3-5-7-18/h3-17H,1-2H3,(H,27,29)(H,28,30)/b15-8+. The zero-order chi connectivity index (χ0) is 22.9. The molecule has 0 aliphatic heterocycles. The van der Waals surface area contributed by atoms with Gasteiger partial charge in [0, 0.05) is 21.7 Å². The second-order valence-corrected chi connectivity index (χ2v) is 8.70. The molecule has 0 aliphatic rings. The number of methoxy groups -OCH3 is 1. The molecule has 3 aromatic carbocycles. The van der Waals surface area contributed by atoms with Crippen LogP contribution in [0, 0.1) is 0 Å². The van der Waals surface area contributed by atoms with Crippen molar-refractivity contribution in [1.29, 1.82) is 0 Å². The molecule has 0 aromatic heterocycles. The van der Waals surface area contributed by atoms with Crippen LogP contribution >= 0.6 is 23.4 Å². The molecule has 5 nitrogen and oxygen atoms in total. The second kappa shape index (κ2) is 11.4. The van der Waals surface area contributed by atoms with E-state index in [4.69, 9.17) is 16.3 Å². The molecule has 0 saturated heterocycles. The van der Waals surface area contributed by atoms with Gasteiger partial charge in [0.05, 0.1) is 18.0 Å². The number of anilines is 2. The summed E-state index contributed by atoms with van der Waals surface area (Å²) in [5, 5.41) is 5.84. The van der Waals surface area contributed by atoms with Gasteiger partial charge in [-0.25, -0.2) is 0 Å². The molecule has 0 radical (unpaired) electrons. The van der Waals surface area contributed by atoms with Gasteiger partial charge in [-0.1, -0.05) is 41.9 Å². The fourth-order valence-electron chi connectivity index (χ4n) is 2.81. The molecule has 0 aliphatic carbocycles. The van der Waals surface area contributed by atoms with E-state index in [-0.39, 0.29) is 17.1 Å². The predicted octanol–water partition coefficient (Wildman–Crippen LogP) is 6.12. The maximum atomic E-state index is 12.6. The van der Waals surface area contributed by atoms with E-state index in [0.29, 0.717) is 22.1 Å². The van der Waals surface area contributed by atoms with Gasteiger partial charge in [-0.3, -0.25) is 9.59 Å². The molecule has 2 N–H and O–H groups in total. The number of carbonyl (C=O) groups excluding carboxylic acids is 2. The van der Waals surface area contributed by atoms with Gasteiger partial charge < -0.3 is 15.4 Å². The van der Waals surface area contributed by atoms with Crippen LogP contribution in [0.25, 0.3) is 6.08 Å². The summed E-state index contributed by atoms with van der Waals surface area (Å²) in [6.07, 6.45) is 3.25. The lowest BCUT2D eigenvalue weighted by Gasteiger charge is -2.14. The number of hydrogen-bond acceptors (Lipinski definition) is 4. The number of carbonyl (C=O) groups is 2. The van der Waals surface area contributed by atoms with E-state index in [1.54, 1.807) is 36.4 Å². The molecule has 3 aromatic rings. The summed E-state index contributed by atoms with van der Waals surface area (Å²) in [6.45, 7) is 1.82. The highest BCUT2D eigenvalue weighted by molar-refractivity contribution is 8.00. The number of halogens is 1. The Hall–Kier alpha value is -3.22. The Bertz CT molecular complexity index is 1100. The van der Waals surface area contributed by atoms with E-state index in [9.17, 15) is 9.59 Å². The lowest BCUT2D eigenvalue weighted by Crippen LogP contribution is -2.22. The molecule has 0 heterocycles. The van der Waals surface area contributed by atoms with Gasteiger partial charge in [-0.2, -0.15) is 0 Å². The summed E-state index contributed by atoms with van der Waals surface area (Å²) < 4.78 is 5.27. The van der Waals surface area contributed by atoms with Gasteiger partial charge in [0.1, 0.15) is 5.75 Å². The van der Waals surface area contributed by atoms with Crippen LogP contribution in [0.1, 0.15) is 12.5 Å². The van der Waals surface area contributed by atoms with Crippen molar-refractivity contribution in [2.24, 2.45) is 0 Å². The number of nitrogens with one attached hydrogen (secondary N) is 2. The number of ether oxygens (including phenoxy) is 1. The van der Waals surface area contributed by atoms with Crippen molar-refractivity contribution >= 4 is 52.6 Å². The summed E-state index contributed by atoms with van der Waals surface area (Å²) >= 11 is 7.43. The van der Waals surface area contributed by atoms with Crippen molar-refractivity contribution in [2.45, 2.75) is 17.1 Å². The summed E-state index contributed by atoms with van der Waals surface area (Å²) in [5.74, 6) is 0.165. The number of amides is 2. The molecule has 164 valence electrons. The van der Waals surface area contributed by atoms with Gasteiger partial charge in [0.25, 0.3) is 0 Å². The maximum Gasteiger partial charge on any atom is 0.248 e. The van der Waals surface area contributed by atoms with Crippen molar-refractivity contribution in [2.75, 3.05) is 17.7 Å². The molecule has 1 unspecified atom stereocenters. The smallest absolute Gasteiger partial charge is 0.248 e. The van der Waals surface area contributed by atoms with Crippen LogP contribution in [0.5, 0.6) is 5.75 Å². The first-order valence-corrected chi connectivity index (χ1v) is 11.2. The molecule has 3 rings (SSSR count). The summed E-state index contributed by atoms with van der Waals surface area (Å²) in [6, 6.07) is 22.0. The summed E-state index contributed by atoms with van der Waals surface area (Å²) in [4.78, 5) is 25.6. The Morgan fingerprint density at radius 1 is 1.00 bits per heavy atom. The fraction of sp³-hybridized carbons (Fsp3) is 0.120. The highest BCUT2D eigenvalue weighted by atomic mass is 35.5. The topological polar surface area (TPSA) is 67.4 Å². The van der Waals surface area contributed by atoms with Crippen molar-refractivity contribution in [3.05, 3.63) is 89.5 Å². The van der Waals surface area contributed by atoms with Gasteiger partial charge in [-0.05, 0) is 61.0 Å². The van der Waals surface area contributed by atoms with Gasteiger partial charge >= 0.3 is 0 Å². The van der Waals surface area contributed by atoms with E-state index in [1.807, 2.05) is 49.4 Å². The maximum absolute atomic E-state index is 12.6. The van der Waals surface area contributed by atoms with Gasteiger partial charge in [-0.15, -0.1) is 11.8 Å². The minimum Gasteiger partial charge on any atom is -0.495 e. The zero-order valence-electron chi connectivity index (χ0n) is 17.7. The third-order valence-corrected chi connectivity index (χ3v) is 5.80. The van der Waals surface area contributed by atoms with E-state index in [0.717, 1.165) is 10.5 Å². The minimum atomic E-state index is -0.354. The summed E-state index contributed by atoms with van der Waals surface area (Å²) in [5.41, 5.74) is 2.16. The third-order valence-electron chi connectivity index (χ3n) is 4.45. The lowest BCUT2D eigenvalue weighted by atomic mass is 10.2. The van der Waals surface area contributed by atoms with Crippen molar-refractivity contribution in [1.82, 2.24) is 0 Å². The molecular formula is C25H23ClN2O3S. The number of hydrogen-bond donors (Lipinski definition) is 2. The average molecular weight is 467 g/mol. The lowest BCUT2D eigenvalue weighted by molar-refractivity contribution is -0.115. The first-order valence-electron chi connectivity index (χ1n) is 9.90. The van der Waals surface area contributed by atoms with Crippen LogP contribution in [0.15, 0.2) is 83.8 Å². The summed E-state index contributed by atoms with van der Waals surface area (Å²) in [7, 11) is 1.54. The Kier molecular flexibility index (Phi) is 8.36. The molecule has 0 bridgehead atoms. The molecule has 0 spiro atoms. The van der Waals surface area contributed by atoms with Crippen LogP contribution in [0.3, 0.4) is 0 Å². The number of benzene rings is 3. The monoisotopic (exact) mass is 466 g/mol. The first-order chi connectivity index (χ1) is 15.4. The molecule has 0 fully saturated rings.